The van der Waals surface area contributed by atoms with E-state index in [1.165, 1.54) is 12.1 Å². The van der Waals surface area contributed by atoms with Crippen molar-refractivity contribution in [2.24, 2.45) is 11.5 Å². The maximum absolute atomic E-state index is 12.1. The zero-order chi connectivity index (χ0) is 17.4. The van der Waals surface area contributed by atoms with Crippen LogP contribution in [-0.4, -0.2) is 47.2 Å². The minimum absolute atomic E-state index is 0.0876. The molecule has 0 radical (unpaired) electrons. The fourth-order valence-electron chi connectivity index (χ4n) is 1.74. The summed E-state index contributed by atoms with van der Waals surface area (Å²) in [7, 11) is 0. The first-order chi connectivity index (χ1) is 10.8. The van der Waals surface area contributed by atoms with Crippen LogP contribution in [0.25, 0.3) is 0 Å². The van der Waals surface area contributed by atoms with Gasteiger partial charge in [-0.3, -0.25) is 14.4 Å². The van der Waals surface area contributed by atoms with E-state index >= 15 is 0 Å². The Morgan fingerprint density at radius 1 is 1.17 bits per heavy atom. The van der Waals surface area contributed by atoms with Gasteiger partial charge in [0, 0.05) is 12.2 Å². The third kappa shape index (κ3) is 6.57. The zero-order valence-electron chi connectivity index (χ0n) is 12.4. The van der Waals surface area contributed by atoms with Crippen LogP contribution in [0.2, 0.25) is 0 Å². The molecular formula is C14H20N4O4S. The number of hydrogen-bond acceptors (Lipinski definition) is 6. The summed E-state index contributed by atoms with van der Waals surface area (Å²) in [5.74, 6) is -1.57. The molecule has 9 heteroatoms. The number of nitrogens with two attached hydrogens (primary N) is 2. The summed E-state index contributed by atoms with van der Waals surface area (Å²) in [6, 6.07) is 4.38. The number of phenols is 1. The van der Waals surface area contributed by atoms with E-state index in [2.05, 4.69) is 23.3 Å². The highest BCUT2D eigenvalue weighted by Gasteiger charge is 2.23. The van der Waals surface area contributed by atoms with Crippen molar-refractivity contribution in [3.63, 3.8) is 0 Å². The summed E-state index contributed by atoms with van der Waals surface area (Å²) in [6.07, 6.45) is 0.163. The first-order valence-corrected chi connectivity index (χ1v) is 7.47. The quantitative estimate of drug-likeness (QED) is 0.311. The molecule has 0 heterocycles. The maximum atomic E-state index is 12.1. The minimum atomic E-state index is -0.933. The summed E-state index contributed by atoms with van der Waals surface area (Å²) in [4.78, 5) is 34.8. The van der Waals surface area contributed by atoms with Crippen LogP contribution in [0, 0.1) is 0 Å². The van der Waals surface area contributed by atoms with E-state index in [1.54, 1.807) is 12.1 Å². The van der Waals surface area contributed by atoms with Gasteiger partial charge < -0.3 is 27.2 Å². The van der Waals surface area contributed by atoms with Crippen molar-refractivity contribution < 1.29 is 19.5 Å². The summed E-state index contributed by atoms with van der Waals surface area (Å²) in [5.41, 5.74) is 11.3. The van der Waals surface area contributed by atoms with Crippen LogP contribution in [0.4, 0.5) is 0 Å². The lowest BCUT2D eigenvalue weighted by molar-refractivity contribution is -0.130. The predicted molar refractivity (Wildman–Crippen MR) is 87.8 cm³/mol. The molecule has 0 aliphatic carbocycles. The number of amides is 3. The van der Waals surface area contributed by atoms with Crippen molar-refractivity contribution in [2.45, 2.75) is 18.5 Å². The first-order valence-electron chi connectivity index (χ1n) is 6.84. The molecule has 23 heavy (non-hydrogen) atoms. The van der Waals surface area contributed by atoms with E-state index < -0.39 is 29.8 Å². The van der Waals surface area contributed by atoms with Gasteiger partial charge >= 0.3 is 0 Å². The Hall–Kier alpha value is -2.26. The molecule has 0 fully saturated rings. The van der Waals surface area contributed by atoms with Crippen LogP contribution in [0.5, 0.6) is 5.75 Å². The largest absolute Gasteiger partial charge is 0.508 e. The zero-order valence-corrected chi connectivity index (χ0v) is 13.3. The molecule has 126 valence electrons. The standard InChI is InChI=1S/C14H20N4O4S/c15-10(7-23)13(21)18-11(14(22)17-6-12(16)20)5-8-1-3-9(19)4-2-8/h1-4,10-11,19,23H,5-7,15H2,(H2,16,20)(H,17,22)(H,18,21)/t10-,11-/m0/s1. The smallest absolute Gasteiger partial charge is 0.243 e. The normalized spacial score (nSPS) is 13.0. The average molecular weight is 340 g/mol. The highest BCUT2D eigenvalue weighted by atomic mass is 32.1. The van der Waals surface area contributed by atoms with Gasteiger partial charge in [-0.15, -0.1) is 0 Å². The second kappa shape index (κ2) is 9.01. The van der Waals surface area contributed by atoms with Crippen molar-refractivity contribution in [3.8, 4) is 5.75 Å². The average Bonchev–Trinajstić information content (AvgIpc) is 2.52. The summed E-state index contributed by atoms with van der Waals surface area (Å²) in [5, 5.41) is 14.1. The second-order valence-electron chi connectivity index (χ2n) is 4.90. The molecule has 0 aliphatic rings. The van der Waals surface area contributed by atoms with Crippen molar-refractivity contribution in [1.82, 2.24) is 10.6 Å². The van der Waals surface area contributed by atoms with Gasteiger partial charge in [0.25, 0.3) is 0 Å². The van der Waals surface area contributed by atoms with Gasteiger partial charge in [-0.2, -0.15) is 12.6 Å². The first kappa shape index (κ1) is 18.8. The topological polar surface area (TPSA) is 148 Å². The monoisotopic (exact) mass is 340 g/mol. The van der Waals surface area contributed by atoms with Crippen molar-refractivity contribution >= 4 is 30.4 Å². The third-order valence-electron chi connectivity index (χ3n) is 2.98. The Labute approximate surface area is 139 Å². The van der Waals surface area contributed by atoms with E-state index in [-0.39, 0.29) is 24.5 Å². The Bertz CT molecular complexity index is 564. The molecule has 7 N–H and O–H groups in total. The molecule has 1 aromatic rings. The van der Waals surface area contributed by atoms with Gasteiger partial charge in [-0.25, -0.2) is 0 Å². The van der Waals surface area contributed by atoms with Gasteiger partial charge in [0.2, 0.25) is 17.7 Å². The predicted octanol–water partition coefficient (Wildman–Crippen LogP) is -1.72. The van der Waals surface area contributed by atoms with E-state index in [0.29, 0.717) is 5.56 Å². The lowest BCUT2D eigenvalue weighted by Gasteiger charge is -2.20. The van der Waals surface area contributed by atoms with Gasteiger partial charge in [0.05, 0.1) is 12.6 Å². The molecule has 0 spiro atoms. The fourth-order valence-corrected chi connectivity index (χ4v) is 1.90. The number of phenolic OH excluding ortho intramolecular Hbond substituents is 1. The number of aromatic hydroxyl groups is 1. The second-order valence-corrected chi connectivity index (χ2v) is 5.27. The van der Waals surface area contributed by atoms with Crippen LogP contribution in [0.15, 0.2) is 24.3 Å². The van der Waals surface area contributed by atoms with Gasteiger partial charge in [-0.1, -0.05) is 12.1 Å². The molecule has 2 atom stereocenters. The lowest BCUT2D eigenvalue weighted by Crippen LogP contribution is -2.53. The van der Waals surface area contributed by atoms with E-state index in [0.717, 1.165) is 0 Å². The van der Waals surface area contributed by atoms with Crippen molar-refractivity contribution in [1.29, 1.82) is 0 Å². The molecular weight excluding hydrogens is 320 g/mol. The highest BCUT2D eigenvalue weighted by molar-refractivity contribution is 7.80. The summed E-state index contributed by atoms with van der Waals surface area (Å²) in [6.45, 7) is -0.334. The molecule has 3 amide bonds. The van der Waals surface area contributed by atoms with Crippen LogP contribution in [0.1, 0.15) is 5.56 Å². The van der Waals surface area contributed by atoms with Crippen molar-refractivity contribution in [3.05, 3.63) is 29.8 Å². The van der Waals surface area contributed by atoms with Crippen LogP contribution < -0.4 is 22.1 Å². The minimum Gasteiger partial charge on any atom is -0.508 e. The molecule has 0 aliphatic heterocycles. The molecule has 0 aromatic heterocycles. The fraction of sp³-hybridized carbons (Fsp3) is 0.357. The molecule has 0 bridgehead atoms. The summed E-state index contributed by atoms with van der Waals surface area (Å²) >= 11 is 3.93. The van der Waals surface area contributed by atoms with Crippen LogP contribution in [0.3, 0.4) is 0 Å². The number of hydrogen-bond donors (Lipinski definition) is 6. The number of carbonyl (C=O) groups excluding carboxylic acids is 3. The number of nitrogens with one attached hydrogen (secondary N) is 2. The highest BCUT2D eigenvalue weighted by Crippen LogP contribution is 2.11. The molecule has 1 rings (SSSR count). The Morgan fingerprint density at radius 3 is 2.30 bits per heavy atom. The number of carbonyl (C=O) groups is 3. The van der Waals surface area contributed by atoms with E-state index in [4.69, 9.17) is 11.5 Å². The number of primary amides is 1. The number of thiol groups is 1. The van der Waals surface area contributed by atoms with E-state index in [9.17, 15) is 19.5 Å². The van der Waals surface area contributed by atoms with Gasteiger partial charge in [0.15, 0.2) is 0 Å². The summed E-state index contributed by atoms with van der Waals surface area (Å²) < 4.78 is 0. The Morgan fingerprint density at radius 2 is 1.78 bits per heavy atom. The molecule has 0 saturated carbocycles. The van der Waals surface area contributed by atoms with Crippen LogP contribution in [-0.2, 0) is 20.8 Å². The van der Waals surface area contributed by atoms with Gasteiger partial charge in [0.1, 0.15) is 11.8 Å². The third-order valence-corrected chi connectivity index (χ3v) is 3.37. The van der Waals surface area contributed by atoms with Gasteiger partial charge in [-0.05, 0) is 17.7 Å². The maximum Gasteiger partial charge on any atom is 0.243 e. The SMILES string of the molecule is NC(=O)CNC(=O)[C@H](Cc1ccc(O)cc1)NC(=O)[C@@H](N)CS. The Kier molecular flexibility index (Phi) is 7.36. The molecule has 0 unspecified atom stereocenters. The van der Waals surface area contributed by atoms with Crippen LogP contribution >= 0.6 is 12.6 Å². The number of benzene rings is 1. The Balaban J connectivity index is 2.82. The number of rotatable bonds is 8. The lowest BCUT2D eigenvalue weighted by atomic mass is 10.0. The molecule has 1 aromatic carbocycles. The molecule has 8 nitrogen and oxygen atoms in total. The van der Waals surface area contributed by atoms with Crippen molar-refractivity contribution in [2.75, 3.05) is 12.3 Å². The molecule has 0 saturated heterocycles. The van der Waals surface area contributed by atoms with E-state index in [1.807, 2.05) is 0 Å².